The Morgan fingerprint density at radius 3 is 2.52 bits per heavy atom. The van der Waals surface area contributed by atoms with Gasteiger partial charge < -0.3 is 4.74 Å². The molecule has 1 fully saturated rings. The molecule has 10 heteroatoms. The molecule has 29 heavy (non-hydrogen) atoms. The molecule has 1 amide bonds. The van der Waals surface area contributed by atoms with E-state index in [2.05, 4.69) is 33.8 Å². The molecule has 2 N–H and O–H groups in total. The number of ether oxygens (including phenoxy) is 1. The number of thiazole rings is 1. The van der Waals surface area contributed by atoms with Crippen LogP contribution < -0.4 is 10.0 Å². The summed E-state index contributed by atoms with van der Waals surface area (Å²) in [7, 11) is -3.54. The second-order valence-corrected chi connectivity index (χ2v) is 9.70. The summed E-state index contributed by atoms with van der Waals surface area (Å²) in [6, 6.07) is 5.82. The molecule has 2 atom stereocenters. The smallest absolute Gasteiger partial charge is 0.257 e. The average Bonchev–Trinajstić information content (AvgIpc) is 3.07. The highest BCUT2D eigenvalue weighted by molar-refractivity contribution is 7.89. The van der Waals surface area contributed by atoms with Crippen molar-refractivity contribution in [3.8, 4) is 0 Å². The van der Waals surface area contributed by atoms with Gasteiger partial charge in [-0.05, 0) is 38.1 Å². The first-order chi connectivity index (χ1) is 13.8. The van der Waals surface area contributed by atoms with Gasteiger partial charge in [0.05, 0.1) is 22.8 Å². The number of hydrogen-bond donors (Lipinski definition) is 2. The van der Waals surface area contributed by atoms with E-state index in [9.17, 15) is 13.2 Å². The summed E-state index contributed by atoms with van der Waals surface area (Å²) in [5.74, 6) is -0.327. The van der Waals surface area contributed by atoms with E-state index in [0.717, 1.165) is 18.8 Å². The maximum Gasteiger partial charge on any atom is 0.257 e. The molecular formula is C19H26N4O4S2. The Hall–Kier alpha value is -1.85. The van der Waals surface area contributed by atoms with E-state index in [-0.39, 0.29) is 23.0 Å². The normalized spacial score (nSPS) is 20.5. The predicted molar refractivity (Wildman–Crippen MR) is 113 cm³/mol. The van der Waals surface area contributed by atoms with Gasteiger partial charge in [-0.25, -0.2) is 18.1 Å². The fourth-order valence-electron chi connectivity index (χ4n) is 3.31. The Balaban J connectivity index is 1.60. The second-order valence-electron chi connectivity index (χ2n) is 7.08. The van der Waals surface area contributed by atoms with E-state index in [0.29, 0.717) is 23.8 Å². The van der Waals surface area contributed by atoms with Gasteiger partial charge in [-0.2, -0.15) is 0 Å². The van der Waals surface area contributed by atoms with Crippen molar-refractivity contribution < 1.29 is 17.9 Å². The first kappa shape index (κ1) is 21.8. The van der Waals surface area contributed by atoms with Gasteiger partial charge in [0.1, 0.15) is 0 Å². The monoisotopic (exact) mass is 438 g/mol. The second kappa shape index (κ2) is 9.31. The van der Waals surface area contributed by atoms with Gasteiger partial charge in [0.25, 0.3) is 5.91 Å². The summed E-state index contributed by atoms with van der Waals surface area (Å²) in [6.07, 6.45) is 0.381. The number of sulfonamides is 1. The van der Waals surface area contributed by atoms with Crippen molar-refractivity contribution >= 4 is 32.4 Å². The molecular weight excluding hydrogens is 412 g/mol. The highest BCUT2D eigenvalue weighted by Gasteiger charge is 2.23. The van der Waals surface area contributed by atoms with Gasteiger partial charge in [-0.3, -0.25) is 15.0 Å². The zero-order chi connectivity index (χ0) is 21.0. The van der Waals surface area contributed by atoms with Crippen molar-refractivity contribution in [3.63, 3.8) is 0 Å². The molecule has 1 aliphatic heterocycles. The molecule has 3 rings (SSSR count). The minimum absolute atomic E-state index is 0.126. The van der Waals surface area contributed by atoms with Crippen LogP contribution in [-0.4, -0.2) is 56.1 Å². The lowest BCUT2D eigenvalue weighted by Crippen LogP contribution is -2.44. The van der Waals surface area contributed by atoms with E-state index in [4.69, 9.17) is 4.74 Å². The molecule has 2 unspecified atom stereocenters. The minimum Gasteiger partial charge on any atom is -0.373 e. The number of anilines is 1. The van der Waals surface area contributed by atoms with Crippen LogP contribution >= 0.6 is 11.3 Å². The summed E-state index contributed by atoms with van der Waals surface area (Å²) in [5.41, 5.74) is 1.27. The number of aromatic nitrogens is 1. The Morgan fingerprint density at radius 2 is 1.90 bits per heavy atom. The average molecular weight is 439 g/mol. The van der Waals surface area contributed by atoms with E-state index < -0.39 is 10.0 Å². The molecule has 8 nitrogen and oxygen atoms in total. The fraction of sp³-hybridized carbons (Fsp3) is 0.474. The third-order valence-electron chi connectivity index (χ3n) is 4.41. The largest absolute Gasteiger partial charge is 0.373 e. The van der Waals surface area contributed by atoms with E-state index in [1.165, 1.54) is 35.6 Å². The van der Waals surface area contributed by atoms with Crippen molar-refractivity contribution in [2.24, 2.45) is 0 Å². The number of benzene rings is 1. The quantitative estimate of drug-likeness (QED) is 0.688. The van der Waals surface area contributed by atoms with Gasteiger partial charge >= 0.3 is 0 Å². The number of carbonyl (C=O) groups is 1. The van der Waals surface area contributed by atoms with Crippen LogP contribution in [0.1, 0.15) is 36.8 Å². The number of nitrogens with one attached hydrogen (secondary N) is 2. The number of amides is 1. The first-order valence-corrected chi connectivity index (χ1v) is 11.9. The van der Waals surface area contributed by atoms with Crippen molar-refractivity contribution in [2.75, 3.05) is 25.0 Å². The Kier molecular flexibility index (Phi) is 7.01. The Morgan fingerprint density at radius 1 is 1.24 bits per heavy atom. The van der Waals surface area contributed by atoms with Crippen LogP contribution in [-0.2, 0) is 21.3 Å². The molecule has 2 aromatic rings. The highest BCUT2D eigenvalue weighted by atomic mass is 32.2. The van der Waals surface area contributed by atoms with Crippen LogP contribution in [0.25, 0.3) is 0 Å². The SMILES string of the molecule is CCNS(=O)(=O)c1ccc(C(=O)Nc2nc(CN3CC(C)OC(C)C3)cs2)cc1. The first-order valence-electron chi connectivity index (χ1n) is 9.50. The van der Waals surface area contributed by atoms with Crippen molar-refractivity contribution in [2.45, 2.75) is 44.4 Å². The molecule has 158 valence electrons. The number of hydrogen-bond acceptors (Lipinski definition) is 7. The van der Waals surface area contributed by atoms with E-state index in [1.54, 1.807) is 6.92 Å². The lowest BCUT2D eigenvalue weighted by atomic mass is 10.2. The summed E-state index contributed by atoms with van der Waals surface area (Å²) < 4.78 is 32.1. The molecule has 0 bridgehead atoms. The Labute approximate surface area is 175 Å². The fourth-order valence-corrected chi connectivity index (χ4v) is 5.05. The summed E-state index contributed by atoms with van der Waals surface area (Å²) >= 11 is 1.37. The number of rotatable bonds is 7. The lowest BCUT2D eigenvalue weighted by molar-refractivity contribution is -0.0707. The van der Waals surface area contributed by atoms with Gasteiger partial charge in [0, 0.05) is 37.1 Å². The van der Waals surface area contributed by atoms with Gasteiger partial charge in [-0.1, -0.05) is 6.92 Å². The van der Waals surface area contributed by atoms with E-state index in [1.807, 2.05) is 5.38 Å². The molecule has 2 heterocycles. The van der Waals surface area contributed by atoms with Crippen molar-refractivity contribution in [1.82, 2.24) is 14.6 Å². The molecule has 0 saturated carbocycles. The van der Waals surface area contributed by atoms with Crippen molar-refractivity contribution in [3.05, 3.63) is 40.9 Å². The standard InChI is InChI=1S/C19H26N4O4S2/c1-4-20-29(25,26)17-7-5-15(6-8-17)18(24)22-19-21-16(12-28-19)11-23-9-13(2)27-14(3)10-23/h5-8,12-14,20H,4,9-11H2,1-3H3,(H,21,22,24). The molecule has 0 spiro atoms. The topological polar surface area (TPSA) is 101 Å². The third-order valence-corrected chi connectivity index (χ3v) is 6.78. The van der Waals surface area contributed by atoms with Gasteiger partial charge in [0.2, 0.25) is 10.0 Å². The van der Waals surface area contributed by atoms with Crippen LogP contribution in [0.5, 0.6) is 0 Å². The van der Waals surface area contributed by atoms with Crippen LogP contribution in [0.3, 0.4) is 0 Å². The zero-order valence-corrected chi connectivity index (χ0v) is 18.3. The van der Waals surface area contributed by atoms with Crippen LogP contribution in [0.4, 0.5) is 5.13 Å². The minimum atomic E-state index is -3.54. The van der Waals surface area contributed by atoms with Crippen LogP contribution in [0.2, 0.25) is 0 Å². The van der Waals surface area contributed by atoms with Gasteiger partial charge in [-0.15, -0.1) is 11.3 Å². The third kappa shape index (κ3) is 5.83. The number of carbonyl (C=O) groups excluding carboxylic acids is 1. The highest BCUT2D eigenvalue weighted by Crippen LogP contribution is 2.20. The summed E-state index contributed by atoms with van der Waals surface area (Å²) in [5, 5.41) is 5.23. The molecule has 1 aromatic carbocycles. The van der Waals surface area contributed by atoms with E-state index >= 15 is 0 Å². The molecule has 1 aliphatic rings. The Bertz CT molecular complexity index is 933. The number of morpholine rings is 1. The number of nitrogens with zero attached hydrogens (tertiary/aromatic N) is 2. The molecule has 0 radical (unpaired) electrons. The maximum absolute atomic E-state index is 12.4. The van der Waals surface area contributed by atoms with Crippen LogP contribution in [0.15, 0.2) is 34.5 Å². The summed E-state index contributed by atoms with van der Waals surface area (Å²) in [6.45, 7) is 8.55. The maximum atomic E-state index is 12.4. The van der Waals surface area contributed by atoms with Crippen LogP contribution in [0, 0.1) is 0 Å². The predicted octanol–water partition coefficient (Wildman–Crippen LogP) is 2.30. The van der Waals surface area contributed by atoms with Crippen molar-refractivity contribution in [1.29, 1.82) is 0 Å². The lowest BCUT2D eigenvalue weighted by Gasteiger charge is -2.34. The molecule has 1 saturated heterocycles. The summed E-state index contributed by atoms with van der Waals surface area (Å²) in [4.78, 5) is 19.4. The zero-order valence-electron chi connectivity index (χ0n) is 16.7. The van der Waals surface area contributed by atoms with Gasteiger partial charge in [0.15, 0.2) is 5.13 Å². The molecule has 1 aromatic heterocycles. The molecule has 0 aliphatic carbocycles.